The van der Waals surface area contributed by atoms with Crippen LogP contribution in [0, 0.1) is 0 Å². The molecular formula is C26H26O5. The van der Waals surface area contributed by atoms with Crippen molar-refractivity contribution in [3.63, 3.8) is 0 Å². The van der Waals surface area contributed by atoms with Gasteiger partial charge in [-0.05, 0) is 55.3 Å². The smallest absolute Gasteiger partial charge is 0.131 e. The number of ether oxygens (including phenoxy) is 3. The van der Waals surface area contributed by atoms with Crippen molar-refractivity contribution in [2.45, 2.75) is 26.7 Å². The molecule has 0 heterocycles. The molecule has 4 aromatic rings. The molecule has 160 valence electrons. The van der Waals surface area contributed by atoms with E-state index in [0.29, 0.717) is 41.2 Å². The fourth-order valence-corrected chi connectivity index (χ4v) is 3.52. The highest BCUT2D eigenvalue weighted by Gasteiger charge is 2.12. The monoisotopic (exact) mass is 418 g/mol. The molecule has 0 spiro atoms. The number of fused-ring (bicyclic) bond motifs is 2. The Morgan fingerprint density at radius 2 is 1.26 bits per heavy atom. The summed E-state index contributed by atoms with van der Waals surface area (Å²) in [6.45, 7) is 5.27. The fourth-order valence-electron chi connectivity index (χ4n) is 3.52. The molecule has 0 aliphatic carbocycles. The number of hydrogen-bond acceptors (Lipinski definition) is 5. The molecule has 31 heavy (non-hydrogen) atoms. The van der Waals surface area contributed by atoms with Crippen LogP contribution in [-0.4, -0.2) is 23.4 Å². The minimum absolute atomic E-state index is 0.160. The second-order valence-electron chi connectivity index (χ2n) is 7.38. The van der Waals surface area contributed by atoms with Crippen LogP contribution in [0.2, 0.25) is 0 Å². The van der Waals surface area contributed by atoms with E-state index in [1.165, 1.54) is 0 Å². The lowest BCUT2D eigenvalue weighted by atomic mass is 10.1. The Hall–Kier alpha value is -3.60. The Morgan fingerprint density at radius 1 is 0.613 bits per heavy atom. The van der Waals surface area contributed by atoms with Gasteiger partial charge in [0.25, 0.3) is 0 Å². The van der Waals surface area contributed by atoms with Crippen molar-refractivity contribution < 1.29 is 24.4 Å². The zero-order chi connectivity index (χ0) is 21.8. The highest BCUT2D eigenvalue weighted by atomic mass is 16.5. The van der Waals surface area contributed by atoms with Gasteiger partial charge in [-0.2, -0.15) is 0 Å². The van der Waals surface area contributed by atoms with Crippen LogP contribution in [-0.2, 0) is 0 Å². The lowest BCUT2D eigenvalue weighted by molar-refractivity contribution is 0.319. The van der Waals surface area contributed by atoms with Crippen LogP contribution in [0.3, 0.4) is 0 Å². The molecule has 0 atom stereocenters. The first-order chi connectivity index (χ1) is 15.1. The van der Waals surface area contributed by atoms with Crippen molar-refractivity contribution in [1.82, 2.24) is 0 Å². The van der Waals surface area contributed by atoms with E-state index >= 15 is 0 Å². The van der Waals surface area contributed by atoms with Gasteiger partial charge in [0.05, 0.1) is 13.2 Å². The predicted octanol–water partition coefficient (Wildman–Crippen LogP) is 6.77. The first kappa shape index (κ1) is 20.7. The maximum absolute atomic E-state index is 10.4. The molecule has 0 aliphatic rings. The molecule has 0 unspecified atom stereocenters. The lowest BCUT2D eigenvalue weighted by Gasteiger charge is -2.14. The van der Waals surface area contributed by atoms with E-state index in [4.69, 9.17) is 14.2 Å². The van der Waals surface area contributed by atoms with Gasteiger partial charge >= 0.3 is 0 Å². The van der Waals surface area contributed by atoms with Gasteiger partial charge in [0, 0.05) is 27.6 Å². The molecule has 0 aromatic heterocycles. The minimum atomic E-state index is 0.160. The van der Waals surface area contributed by atoms with Gasteiger partial charge in [-0.3, -0.25) is 0 Å². The summed E-state index contributed by atoms with van der Waals surface area (Å²) in [5.74, 6) is 2.81. The summed E-state index contributed by atoms with van der Waals surface area (Å²) >= 11 is 0. The van der Waals surface area contributed by atoms with Gasteiger partial charge in [-0.25, -0.2) is 0 Å². The topological polar surface area (TPSA) is 68.2 Å². The quantitative estimate of drug-likeness (QED) is 0.330. The van der Waals surface area contributed by atoms with Crippen molar-refractivity contribution in [2.24, 2.45) is 0 Å². The molecule has 0 amide bonds. The molecule has 0 saturated heterocycles. The number of phenolic OH excluding ortho intramolecular Hbond substituents is 2. The van der Waals surface area contributed by atoms with Crippen molar-refractivity contribution in [2.75, 3.05) is 13.2 Å². The first-order valence-corrected chi connectivity index (χ1v) is 10.6. The van der Waals surface area contributed by atoms with Crippen LogP contribution in [0.4, 0.5) is 0 Å². The zero-order valence-corrected chi connectivity index (χ0v) is 17.7. The van der Waals surface area contributed by atoms with Gasteiger partial charge in [0.1, 0.15) is 34.5 Å². The van der Waals surface area contributed by atoms with E-state index < -0.39 is 0 Å². The highest BCUT2D eigenvalue weighted by Crippen LogP contribution is 2.39. The summed E-state index contributed by atoms with van der Waals surface area (Å²) in [5, 5.41) is 23.7. The van der Waals surface area contributed by atoms with Gasteiger partial charge in [-0.1, -0.05) is 26.0 Å². The number of benzene rings is 4. The number of phenols is 2. The number of hydrogen-bond donors (Lipinski definition) is 2. The highest BCUT2D eigenvalue weighted by molar-refractivity contribution is 5.95. The standard InChI is InChI=1S/C26H26O5/c1-3-12-29-25-11-10-24(28)21-14-17(8-9-20(21)25)31-18-15-22-19(6-5-7-23(22)27)26(16-18)30-13-4-2/h5-11,14-16,27-28H,3-4,12-13H2,1-2H3. The molecule has 0 radical (unpaired) electrons. The van der Waals surface area contributed by atoms with Crippen molar-refractivity contribution >= 4 is 21.5 Å². The Bertz CT molecular complexity index is 1220. The Kier molecular flexibility index (Phi) is 6.03. The third kappa shape index (κ3) is 4.31. The van der Waals surface area contributed by atoms with Crippen LogP contribution in [0.5, 0.6) is 34.5 Å². The molecule has 0 saturated carbocycles. The van der Waals surface area contributed by atoms with Crippen molar-refractivity contribution in [1.29, 1.82) is 0 Å². The van der Waals surface area contributed by atoms with Gasteiger partial charge in [0.15, 0.2) is 0 Å². The van der Waals surface area contributed by atoms with Crippen LogP contribution >= 0.6 is 0 Å². The van der Waals surface area contributed by atoms with Gasteiger partial charge in [0.2, 0.25) is 0 Å². The van der Waals surface area contributed by atoms with E-state index in [9.17, 15) is 10.2 Å². The number of aromatic hydroxyl groups is 2. The molecule has 0 aliphatic heterocycles. The van der Waals surface area contributed by atoms with E-state index in [2.05, 4.69) is 0 Å². The van der Waals surface area contributed by atoms with E-state index in [1.54, 1.807) is 36.4 Å². The number of rotatable bonds is 8. The largest absolute Gasteiger partial charge is 0.507 e. The molecule has 4 aromatic carbocycles. The lowest BCUT2D eigenvalue weighted by Crippen LogP contribution is -1.97. The van der Waals surface area contributed by atoms with Gasteiger partial charge < -0.3 is 24.4 Å². The molecular weight excluding hydrogens is 392 g/mol. The minimum Gasteiger partial charge on any atom is -0.507 e. The van der Waals surface area contributed by atoms with E-state index in [0.717, 1.165) is 29.4 Å². The van der Waals surface area contributed by atoms with Crippen molar-refractivity contribution in [3.05, 3.63) is 60.7 Å². The summed E-state index contributed by atoms with van der Waals surface area (Å²) in [6.07, 6.45) is 1.78. The second-order valence-corrected chi connectivity index (χ2v) is 7.38. The van der Waals surface area contributed by atoms with Crippen LogP contribution < -0.4 is 14.2 Å². The summed E-state index contributed by atoms with van der Waals surface area (Å²) in [7, 11) is 0. The second kappa shape index (κ2) is 9.04. The molecule has 5 heteroatoms. The summed E-state index contributed by atoms with van der Waals surface area (Å²) in [4.78, 5) is 0. The molecule has 2 N–H and O–H groups in total. The summed E-state index contributed by atoms with van der Waals surface area (Å²) in [5.41, 5.74) is 0. The summed E-state index contributed by atoms with van der Waals surface area (Å²) in [6, 6.07) is 17.9. The summed E-state index contributed by atoms with van der Waals surface area (Å²) < 4.78 is 17.8. The van der Waals surface area contributed by atoms with Crippen molar-refractivity contribution in [3.8, 4) is 34.5 Å². The fraction of sp³-hybridized carbons (Fsp3) is 0.231. The van der Waals surface area contributed by atoms with E-state index in [-0.39, 0.29) is 11.5 Å². The van der Waals surface area contributed by atoms with Crippen LogP contribution in [0.1, 0.15) is 26.7 Å². The Balaban J connectivity index is 1.73. The zero-order valence-electron chi connectivity index (χ0n) is 17.7. The first-order valence-electron chi connectivity index (χ1n) is 10.6. The Morgan fingerprint density at radius 3 is 2.00 bits per heavy atom. The molecule has 5 nitrogen and oxygen atoms in total. The van der Waals surface area contributed by atoms with Crippen LogP contribution in [0.25, 0.3) is 21.5 Å². The van der Waals surface area contributed by atoms with Gasteiger partial charge in [-0.15, -0.1) is 0 Å². The molecule has 0 bridgehead atoms. The van der Waals surface area contributed by atoms with Crippen LogP contribution in [0.15, 0.2) is 60.7 Å². The molecule has 0 fully saturated rings. The Labute approximate surface area is 181 Å². The maximum atomic E-state index is 10.4. The normalized spacial score (nSPS) is 11.0. The SMILES string of the molecule is CCCOc1ccc(O)c2cc(Oc3cc(OCCC)c4cccc(O)c4c3)ccc12. The third-order valence-electron chi connectivity index (χ3n) is 4.99. The maximum Gasteiger partial charge on any atom is 0.131 e. The average molecular weight is 418 g/mol. The molecule has 4 rings (SSSR count). The predicted molar refractivity (Wildman–Crippen MR) is 123 cm³/mol. The third-order valence-corrected chi connectivity index (χ3v) is 4.99. The average Bonchev–Trinajstić information content (AvgIpc) is 2.78. The van der Waals surface area contributed by atoms with E-state index in [1.807, 2.05) is 38.1 Å².